The van der Waals surface area contributed by atoms with Crippen LogP contribution in [0.4, 0.5) is 22.0 Å². The number of hydrogen-bond donors (Lipinski definition) is 0. The van der Waals surface area contributed by atoms with Crippen molar-refractivity contribution in [2.24, 2.45) is 5.16 Å². The average molecular weight is 365 g/mol. The standard InChI is InChI=1S/C15H12F5NO4/c1-3-5-6-7(14(22)24-4-2)21-25-15(23)8-9(16)11(18)13(20)12(19)10(8)17/h3H,1,4-6H2,2H3/b21-7+. The summed E-state index contributed by atoms with van der Waals surface area (Å²) in [7, 11) is 0. The number of rotatable bonds is 7. The molecule has 136 valence electrons. The van der Waals surface area contributed by atoms with Crippen molar-refractivity contribution < 1.29 is 41.1 Å². The van der Waals surface area contributed by atoms with E-state index in [-0.39, 0.29) is 19.4 Å². The first-order valence-corrected chi connectivity index (χ1v) is 6.83. The number of esters is 1. The Balaban J connectivity index is 3.15. The summed E-state index contributed by atoms with van der Waals surface area (Å²) in [5.74, 6) is -14.7. The molecule has 1 aromatic carbocycles. The van der Waals surface area contributed by atoms with E-state index in [1.54, 1.807) is 0 Å². The molecule has 0 aliphatic carbocycles. The van der Waals surface area contributed by atoms with Gasteiger partial charge >= 0.3 is 11.9 Å². The number of carbonyl (C=O) groups excluding carboxylic acids is 2. The maximum absolute atomic E-state index is 13.5. The first-order chi connectivity index (χ1) is 11.8. The van der Waals surface area contributed by atoms with E-state index >= 15 is 0 Å². The van der Waals surface area contributed by atoms with Crippen LogP contribution in [-0.4, -0.2) is 24.3 Å². The molecule has 0 aliphatic rings. The molecular weight excluding hydrogens is 353 g/mol. The molecular formula is C15H12F5NO4. The van der Waals surface area contributed by atoms with Crippen molar-refractivity contribution in [3.05, 3.63) is 47.3 Å². The summed E-state index contributed by atoms with van der Waals surface area (Å²) in [4.78, 5) is 27.4. The van der Waals surface area contributed by atoms with E-state index in [0.29, 0.717) is 0 Å². The summed E-state index contributed by atoms with van der Waals surface area (Å²) in [6, 6.07) is 0. The predicted octanol–water partition coefficient (Wildman–Crippen LogP) is 3.42. The second-order valence-electron chi connectivity index (χ2n) is 4.41. The van der Waals surface area contributed by atoms with Gasteiger partial charge in [0.25, 0.3) is 0 Å². The van der Waals surface area contributed by atoms with Crippen molar-refractivity contribution >= 4 is 17.7 Å². The van der Waals surface area contributed by atoms with Gasteiger partial charge in [0.05, 0.1) is 6.61 Å². The second kappa shape index (κ2) is 8.90. The van der Waals surface area contributed by atoms with Gasteiger partial charge in [0, 0.05) is 6.42 Å². The van der Waals surface area contributed by atoms with Gasteiger partial charge in [-0.15, -0.1) is 6.58 Å². The van der Waals surface area contributed by atoms with Gasteiger partial charge in [0.15, 0.2) is 29.0 Å². The van der Waals surface area contributed by atoms with E-state index in [9.17, 15) is 31.5 Å². The Morgan fingerprint density at radius 1 is 1.04 bits per heavy atom. The van der Waals surface area contributed by atoms with Crippen LogP contribution < -0.4 is 0 Å². The summed E-state index contributed by atoms with van der Waals surface area (Å²) in [6.45, 7) is 4.86. The normalized spacial score (nSPS) is 11.2. The maximum atomic E-state index is 13.5. The Kier molecular flexibility index (Phi) is 7.22. The maximum Gasteiger partial charge on any atom is 0.371 e. The van der Waals surface area contributed by atoms with Crippen LogP contribution in [0.3, 0.4) is 0 Å². The molecule has 10 heteroatoms. The van der Waals surface area contributed by atoms with Gasteiger partial charge in [0.2, 0.25) is 5.82 Å². The molecule has 5 nitrogen and oxygen atoms in total. The van der Waals surface area contributed by atoms with Crippen LogP contribution in [0.15, 0.2) is 17.8 Å². The topological polar surface area (TPSA) is 65.0 Å². The highest BCUT2D eigenvalue weighted by atomic mass is 19.2. The highest BCUT2D eigenvalue weighted by Gasteiger charge is 2.31. The van der Waals surface area contributed by atoms with Gasteiger partial charge in [-0.3, -0.25) is 0 Å². The monoisotopic (exact) mass is 365 g/mol. The molecule has 0 saturated heterocycles. The molecule has 0 atom stereocenters. The molecule has 0 aromatic heterocycles. The number of allylic oxidation sites excluding steroid dienone is 1. The largest absolute Gasteiger partial charge is 0.461 e. The fraction of sp³-hybridized carbons (Fsp3) is 0.267. The molecule has 1 aromatic rings. The fourth-order valence-electron chi connectivity index (χ4n) is 1.56. The van der Waals surface area contributed by atoms with E-state index in [1.807, 2.05) is 0 Å². The van der Waals surface area contributed by atoms with Crippen LogP contribution in [0.2, 0.25) is 0 Å². The average Bonchev–Trinajstić information content (AvgIpc) is 2.58. The Bertz CT molecular complexity index is 704. The quantitative estimate of drug-likeness (QED) is 0.109. The van der Waals surface area contributed by atoms with Crippen molar-refractivity contribution in [1.82, 2.24) is 0 Å². The first kappa shape index (κ1) is 20.3. The zero-order valence-electron chi connectivity index (χ0n) is 12.9. The van der Waals surface area contributed by atoms with Crippen molar-refractivity contribution in [3.63, 3.8) is 0 Å². The lowest BCUT2D eigenvalue weighted by Gasteiger charge is -2.07. The van der Waals surface area contributed by atoms with Gasteiger partial charge in [-0.05, 0) is 13.3 Å². The third kappa shape index (κ3) is 4.61. The van der Waals surface area contributed by atoms with Gasteiger partial charge in [-0.25, -0.2) is 31.5 Å². The SMILES string of the molecule is C=CCC/C(=N\OC(=O)c1c(F)c(F)c(F)c(F)c1F)C(=O)OCC. The number of oxime groups is 1. The molecule has 25 heavy (non-hydrogen) atoms. The lowest BCUT2D eigenvalue weighted by molar-refractivity contribution is -0.135. The molecule has 0 amide bonds. The Hall–Kier alpha value is -2.78. The Morgan fingerprint density at radius 3 is 2.04 bits per heavy atom. The number of ether oxygens (including phenoxy) is 1. The Labute approximate surface area is 138 Å². The van der Waals surface area contributed by atoms with E-state index in [1.165, 1.54) is 13.0 Å². The van der Waals surface area contributed by atoms with Gasteiger partial charge in [-0.1, -0.05) is 11.2 Å². The summed E-state index contributed by atoms with van der Waals surface area (Å²) in [6.07, 6.45) is 1.53. The summed E-state index contributed by atoms with van der Waals surface area (Å²) >= 11 is 0. The molecule has 0 spiro atoms. The highest BCUT2D eigenvalue weighted by molar-refractivity contribution is 6.36. The van der Waals surface area contributed by atoms with Crippen LogP contribution in [0.5, 0.6) is 0 Å². The van der Waals surface area contributed by atoms with Crippen molar-refractivity contribution in [2.45, 2.75) is 19.8 Å². The summed E-state index contributed by atoms with van der Waals surface area (Å²) in [5.41, 5.74) is -2.26. The predicted molar refractivity (Wildman–Crippen MR) is 75.1 cm³/mol. The number of hydrogen-bond acceptors (Lipinski definition) is 5. The fourth-order valence-corrected chi connectivity index (χ4v) is 1.56. The lowest BCUT2D eigenvalue weighted by Crippen LogP contribution is -2.19. The molecule has 0 radical (unpaired) electrons. The Morgan fingerprint density at radius 2 is 1.56 bits per heavy atom. The first-order valence-electron chi connectivity index (χ1n) is 6.83. The number of benzene rings is 1. The van der Waals surface area contributed by atoms with E-state index < -0.39 is 52.3 Å². The molecule has 0 heterocycles. The number of carbonyl (C=O) groups is 2. The zero-order valence-corrected chi connectivity index (χ0v) is 12.9. The number of halogens is 5. The minimum Gasteiger partial charge on any atom is -0.461 e. The lowest BCUT2D eigenvalue weighted by atomic mass is 10.1. The van der Waals surface area contributed by atoms with Crippen LogP contribution >= 0.6 is 0 Å². The van der Waals surface area contributed by atoms with E-state index in [2.05, 4.69) is 21.3 Å². The smallest absolute Gasteiger partial charge is 0.371 e. The van der Waals surface area contributed by atoms with Crippen LogP contribution in [0, 0.1) is 29.1 Å². The minimum absolute atomic E-state index is 0.0302. The minimum atomic E-state index is -2.42. The van der Waals surface area contributed by atoms with E-state index in [0.717, 1.165) is 0 Å². The van der Waals surface area contributed by atoms with Gasteiger partial charge < -0.3 is 9.57 Å². The van der Waals surface area contributed by atoms with Crippen molar-refractivity contribution in [1.29, 1.82) is 0 Å². The molecule has 0 fully saturated rings. The van der Waals surface area contributed by atoms with Crippen LogP contribution in [0.25, 0.3) is 0 Å². The van der Waals surface area contributed by atoms with Crippen LogP contribution in [0.1, 0.15) is 30.1 Å². The van der Waals surface area contributed by atoms with E-state index in [4.69, 9.17) is 0 Å². The molecule has 0 N–H and O–H groups in total. The molecule has 0 aliphatic heterocycles. The molecule has 0 bridgehead atoms. The molecule has 1 rings (SSSR count). The van der Waals surface area contributed by atoms with Gasteiger partial charge in [0.1, 0.15) is 5.56 Å². The van der Waals surface area contributed by atoms with Crippen LogP contribution in [-0.2, 0) is 14.4 Å². The molecule has 0 saturated carbocycles. The summed E-state index contributed by atoms with van der Waals surface area (Å²) in [5, 5.41) is 3.09. The summed E-state index contributed by atoms with van der Waals surface area (Å²) < 4.78 is 70.7. The van der Waals surface area contributed by atoms with Crippen molar-refractivity contribution in [3.8, 4) is 0 Å². The number of nitrogens with zero attached hydrogens (tertiary/aromatic N) is 1. The zero-order chi connectivity index (χ0) is 19.1. The second-order valence-corrected chi connectivity index (χ2v) is 4.41. The van der Waals surface area contributed by atoms with Gasteiger partial charge in [-0.2, -0.15) is 0 Å². The molecule has 0 unspecified atom stereocenters. The third-order valence-corrected chi connectivity index (χ3v) is 2.75. The third-order valence-electron chi connectivity index (χ3n) is 2.75. The van der Waals surface area contributed by atoms with Crippen molar-refractivity contribution in [2.75, 3.05) is 6.61 Å². The highest BCUT2D eigenvalue weighted by Crippen LogP contribution is 2.23.